The Balaban J connectivity index is 1.73. The Bertz CT molecular complexity index is 1200. The predicted molar refractivity (Wildman–Crippen MR) is 114 cm³/mol. The van der Waals surface area contributed by atoms with Crippen molar-refractivity contribution in [1.82, 2.24) is 0 Å². The molecule has 30 heavy (non-hydrogen) atoms. The summed E-state index contributed by atoms with van der Waals surface area (Å²) in [7, 11) is -3.73. The maximum Gasteiger partial charge on any atom is 0.273 e. The van der Waals surface area contributed by atoms with E-state index in [9.17, 15) is 23.3 Å². The average Bonchev–Trinajstić information content (AvgIpc) is 2.69. The SMILES string of the molecule is Cc1ccc(S(=O)(=O)Nc2ccc(NC(=O)c3cccc([N+](=O)[O-])c3C)cc2)cc1. The molecule has 1 amide bonds. The Morgan fingerprint density at radius 1 is 0.900 bits per heavy atom. The Labute approximate surface area is 173 Å². The van der Waals surface area contributed by atoms with E-state index in [0.29, 0.717) is 11.4 Å². The minimum atomic E-state index is -3.73. The second-order valence-electron chi connectivity index (χ2n) is 6.66. The number of benzene rings is 3. The molecule has 0 heterocycles. The van der Waals surface area contributed by atoms with Gasteiger partial charge in [-0.1, -0.05) is 23.8 Å². The van der Waals surface area contributed by atoms with Crippen LogP contribution in [0.4, 0.5) is 17.1 Å². The number of hydrogen-bond acceptors (Lipinski definition) is 5. The molecule has 0 aliphatic rings. The second-order valence-corrected chi connectivity index (χ2v) is 8.34. The third-order valence-electron chi connectivity index (χ3n) is 4.47. The van der Waals surface area contributed by atoms with Gasteiger partial charge in [-0.15, -0.1) is 0 Å². The zero-order valence-corrected chi connectivity index (χ0v) is 17.1. The van der Waals surface area contributed by atoms with Crippen molar-refractivity contribution in [3.63, 3.8) is 0 Å². The van der Waals surface area contributed by atoms with Crippen molar-refractivity contribution < 1.29 is 18.1 Å². The van der Waals surface area contributed by atoms with Gasteiger partial charge in [-0.2, -0.15) is 0 Å². The molecule has 2 N–H and O–H groups in total. The molecule has 0 saturated heterocycles. The summed E-state index contributed by atoms with van der Waals surface area (Å²) in [4.78, 5) is 23.1. The van der Waals surface area contributed by atoms with E-state index >= 15 is 0 Å². The molecule has 3 aromatic carbocycles. The molecule has 0 fully saturated rings. The zero-order chi connectivity index (χ0) is 21.9. The van der Waals surface area contributed by atoms with Crippen molar-refractivity contribution in [3.8, 4) is 0 Å². The number of hydrogen-bond donors (Lipinski definition) is 2. The third kappa shape index (κ3) is 4.64. The van der Waals surface area contributed by atoms with E-state index < -0.39 is 20.9 Å². The lowest BCUT2D eigenvalue weighted by Gasteiger charge is -2.11. The lowest BCUT2D eigenvalue weighted by molar-refractivity contribution is -0.385. The van der Waals surface area contributed by atoms with Crippen molar-refractivity contribution in [2.45, 2.75) is 18.7 Å². The van der Waals surface area contributed by atoms with Crippen LogP contribution in [0.1, 0.15) is 21.5 Å². The van der Waals surface area contributed by atoms with Crippen molar-refractivity contribution in [3.05, 3.63) is 93.5 Å². The van der Waals surface area contributed by atoms with Crippen LogP contribution in [0.15, 0.2) is 71.6 Å². The van der Waals surface area contributed by atoms with E-state index in [0.717, 1.165) is 5.56 Å². The first-order valence-corrected chi connectivity index (χ1v) is 10.4. The van der Waals surface area contributed by atoms with Gasteiger partial charge in [0.1, 0.15) is 0 Å². The minimum Gasteiger partial charge on any atom is -0.322 e. The van der Waals surface area contributed by atoms with Crippen LogP contribution in [-0.4, -0.2) is 19.2 Å². The summed E-state index contributed by atoms with van der Waals surface area (Å²) in [6.45, 7) is 3.38. The summed E-state index contributed by atoms with van der Waals surface area (Å²) in [6.07, 6.45) is 0. The second kappa shape index (κ2) is 8.34. The lowest BCUT2D eigenvalue weighted by atomic mass is 10.1. The normalized spacial score (nSPS) is 11.0. The number of rotatable bonds is 6. The quantitative estimate of drug-likeness (QED) is 0.452. The molecular formula is C21H19N3O5S. The van der Waals surface area contributed by atoms with Crippen molar-refractivity contribution in [2.24, 2.45) is 0 Å². The number of nitro groups is 1. The van der Waals surface area contributed by atoms with Crippen LogP contribution < -0.4 is 10.0 Å². The van der Waals surface area contributed by atoms with E-state index in [1.807, 2.05) is 6.92 Å². The zero-order valence-electron chi connectivity index (χ0n) is 16.2. The molecule has 0 atom stereocenters. The Morgan fingerprint density at radius 3 is 2.10 bits per heavy atom. The Morgan fingerprint density at radius 2 is 1.50 bits per heavy atom. The topological polar surface area (TPSA) is 118 Å². The van der Waals surface area contributed by atoms with Crippen LogP contribution >= 0.6 is 0 Å². The first kappa shape index (κ1) is 21.0. The molecule has 0 unspecified atom stereocenters. The van der Waals surface area contributed by atoms with E-state index in [2.05, 4.69) is 10.0 Å². The molecular weight excluding hydrogens is 406 g/mol. The third-order valence-corrected chi connectivity index (χ3v) is 5.87. The average molecular weight is 425 g/mol. The Hall–Kier alpha value is -3.72. The smallest absolute Gasteiger partial charge is 0.273 e. The van der Waals surface area contributed by atoms with Gasteiger partial charge in [-0.3, -0.25) is 19.6 Å². The number of amides is 1. The van der Waals surface area contributed by atoms with Gasteiger partial charge in [-0.25, -0.2) is 8.42 Å². The van der Waals surface area contributed by atoms with Crippen molar-refractivity contribution in [1.29, 1.82) is 0 Å². The summed E-state index contributed by atoms with van der Waals surface area (Å²) in [5.41, 5.74) is 2.02. The van der Waals surface area contributed by atoms with Gasteiger partial charge in [0.05, 0.1) is 9.82 Å². The van der Waals surface area contributed by atoms with Crippen LogP contribution in [-0.2, 0) is 10.0 Å². The van der Waals surface area contributed by atoms with E-state index in [1.165, 1.54) is 61.5 Å². The van der Waals surface area contributed by atoms with Crippen LogP contribution in [0, 0.1) is 24.0 Å². The molecule has 3 aromatic rings. The minimum absolute atomic E-state index is 0.136. The fraction of sp³-hybridized carbons (Fsp3) is 0.0952. The standard InChI is InChI=1S/C21H19N3O5S/c1-14-6-12-18(13-7-14)30(28,29)23-17-10-8-16(9-11-17)22-21(25)19-4-3-5-20(15(19)2)24(26)27/h3-13,23H,1-2H3,(H,22,25). The highest BCUT2D eigenvalue weighted by Crippen LogP contribution is 2.23. The summed E-state index contributed by atoms with van der Waals surface area (Å²) >= 11 is 0. The van der Waals surface area contributed by atoms with Gasteiger partial charge in [0.2, 0.25) is 0 Å². The van der Waals surface area contributed by atoms with Gasteiger partial charge in [0.25, 0.3) is 21.6 Å². The van der Waals surface area contributed by atoms with Crippen LogP contribution in [0.3, 0.4) is 0 Å². The number of aryl methyl sites for hydroxylation is 1. The molecule has 0 aliphatic carbocycles. The molecule has 0 aliphatic heterocycles. The van der Waals surface area contributed by atoms with E-state index in [4.69, 9.17) is 0 Å². The number of carbonyl (C=O) groups is 1. The van der Waals surface area contributed by atoms with E-state index in [-0.39, 0.29) is 21.7 Å². The molecule has 0 bridgehead atoms. The maximum atomic E-state index is 12.5. The number of carbonyl (C=O) groups excluding carboxylic acids is 1. The van der Waals surface area contributed by atoms with Crippen LogP contribution in [0.5, 0.6) is 0 Å². The highest BCUT2D eigenvalue weighted by Gasteiger charge is 2.18. The number of nitrogens with zero attached hydrogens (tertiary/aromatic N) is 1. The number of nitro benzene ring substituents is 1. The van der Waals surface area contributed by atoms with Gasteiger partial charge in [0, 0.05) is 28.6 Å². The number of anilines is 2. The maximum absolute atomic E-state index is 12.5. The molecule has 8 nitrogen and oxygen atoms in total. The predicted octanol–water partition coefficient (Wildman–Crippen LogP) is 4.26. The van der Waals surface area contributed by atoms with Crippen molar-refractivity contribution in [2.75, 3.05) is 10.0 Å². The van der Waals surface area contributed by atoms with E-state index in [1.54, 1.807) is 12.1 Å². The highest BCUT2D eigenvalue weighted by atomic mass is 32.2. The number of sulfonamides is 1. The molecule has 0 radical (unpaired) electrons. The first-order chi connectivity index (χ1) is 14.2. The molecule has 0 saturated carbocycles. The van der Waals surface area contributed by atoms with Gasteiger partial charge in [-0.05, 0) is 56.3 Å². The first-order valence-electron chi connectivity index (χ1n) is 8.92. The fourth-order valence-corrected chi connectivity index (χ4v) is 3.88. The molecule has 9 heteroatoms. The van der Waals surface area contributed by atoms with Gasteiger partial charge >= 0.3 is 0 Å². The molecule has 0 aromatic heterocycles. The van der Waals surface area contributed by atoms with Crippen LogP contribution in [0.25, 0.3) is 0 Å². The van der Waals surface area contributed by atoms with Gasteiger partial charge in [0.15, 0.2) is 0 Å². The monoisotopic (exact) mass is 425 g/mol. The lowest BCUT2D eigenvalue weighted by Crippen LogP contribution is -2.15. The summed E-state index contributed by atoms with van der Waals surface area (Å²) in [5, 5.41) is 13.7. The Kier molecular flexibility index (Phi) is 5.84. The van der Waals surface area contributed by atoms with Crippen molar-refractivity contribution >= 4 is 33.0 Å². The molecule has 154 valence electrons. The highest BCUT2D eigenvalue weighted by molar-refractivity contribution is 7.92. The number of nitrogens with one attached hydrogen (secondary N) is 2. The fourth-order valence-electron chi connectivity index (χ4n) is 2.82. The van der Waals surface area contributed by atoms with Crippen LogP contribution in [0.2, 0.25) is 0 Å². The van der Waals surface area contributed by atoms with Gasteiger partial charge < -0.3 is 5.32 Å². The largest absolute Gasteiger partial charge is 0.322 e. The summed E-state index contributed by atoms with van der Waals surface area (Å²) < 4.78 is 27.4. The summed E-state index contributed by atoms with van der Waals surface area (Å²) in [5.74, 6) is -0.496. The molecule has 3 rings (SSSR count). The molecule has 0 spiro atoms. The summed E-state index contributed by atoms with van der Waals surface area (Å²) in [6, 6.07) is 16.9.